The van der Waals surface area contributed by atoms with E-state index in [1.807, 2.05) is 0 Å². The Morgan fingerprint density at radius 3 is 2.37 bits per heavy atom. The van der Waals surface area contributed by atoms with Crippen LogP contribution in [0.2, 0.25) is 0 Å². The topological polar surface area (TPSA) is 54.4 Å². The first kappa shape index (κ1) is 15.1. The zero-order valence-corrected chi connectivity index (χ0v) is 11.0. The van der Waals surface area contributed by atoms with Crippen LogP contribution in [0.3, 0.4) is 0 Å². The zero-order chi connectivity index (χ0) is 14.5. The molecule has 0 radical (unpaired) electrons. The molecule has 0 heterocycles. The first-order valence-electron chi connectivity index (χ1n) is 6.01. The Hall–Kier alpha value is -1.97. The number of halogens is 1. The third kappa shape index (κ3) is 5.04. The summed E-state index contributed by atoms with van der Waals surface area (Å²) in [4.78, 5) is 22.5. The second-order valence-electron chi connectivity index (χ2n) is 5.03. The molecule has 3 nitrogen and oxygen atoms in total. The predicted octanol–water partition coefficient (Wildman–Crippen LogP) is 3.30. The van der Waals surface area contributed by atoms with Gasteiger partial charge >= 0.3 is 5.97 Å². The summed E-state index contributed by atoms with van der Waals surface area (Å²) in [7, 11) is 0. The number of rotatable bonds is 6. The van der Waals surface area contributed by atoms with Gasteiger partial charge in [0.2, 0.25) is 0 Å². The minimum Gasteiger partial charge on any atom is -0.481 e. The molecule has 1 aromatic rings. The number of aliphatic carboxylic acids is 1. The van der Waals surface area contributed by atoms with E-state index in [1.54, 1.807) is 32.1 Å². The molecule has 1 N–H and O–H groups in total. The lowest BCUT2D eigenvalue weighted by molar-refractivity contribution is -0.137. The molecule has 0 atom stereocenters. The lowest BCUT2D eigenvalue weighted by Gasteiger charge is -2.19. The van der Waals surface area contributed by atoms with Crippen molar-refractivity contribution in [2.45, 2.75) is 26.7 Å². The largest absolute Gasteiger partial charge is 0.481 e. The molecule has 0 saturated carbocycles. The van der Waals surface area contributed by atoms with Gasteiger partial charge in [-0.15, -0.1) is 0 Å². The van der Waals surface area contributed by atoms with Gasteiger partial charge in [-0.1, -0.05) is 32.1 Å². The van der Waals surface area contributed by atoms with Crippen molar-refractivity contribution >= 4 is 17.8 Å². The van der Waals surface area contributed by atoms with E-state index in [0.29, 0.717) is 0 Å². The Labute approximate surface area is 111 Å². The van der Waals surface area contributed by atoms with Gasteiger partial charge in [0.15, 0.2) is 5.78 Å². The van der Waals surface area contributed by atoms with Gasteiger partial charge in [-0.25, -0.2) is 4.39 Å². The molecule has 102 valence electrons. The molecule has 0 amide bonds. The smallest absolute Gasteiger partial charge is 0.303 e. The molecule has 0 bridgehead atoms. The van der Waals surface area contributed by atoms with Crippen LogP contribution in [-0.2, 0) is 9.59 Å². The minimum atomic E-state index is -0.914. The van der Waals surface area contributed by atoms with E-state index in [1.165, 1.54) is 18.2 Å². The number of ketones is 1. The van der Waals surface area contributed by atoms with Gasteiger partial charge in [-0.3, -0.25) is 9.59 Å². The van der Waals surface area contributed by atoms with E-state index in [2.05, 4.69) is 0 Å². The zero-order valence-electron chi connectivity index (χ0n) is 11.0. The molecular formula is C15H17FO3. The van der Waals surface area contributed by atoms with E-state index in [-0.39, 0.29) is 24.4 Å². The quantitative estimate of drug-likeness (QED) is 0.802. The monoisotopic (exact) mass is 264 g/mol. The van der Waals surface area contributed by atoms with Crippen LogP contribution in [0.4, 0.5) is 4.39 Å². The summed E-state index contributed by atoms with van der Waals surface area (Å²) in [5.41, 5.74) is 0.0124. The van der Waals surface area contributed by atoms with E-state index < -0.39 is 11.4 Å². The van der Waals surface area contributed by atoms with E-state index in [9.17, 15) is 14.0 Å². The highest BCUT2D eigenvalue weighted by molar-refractivity contribution is 5.97. The third-order valence-corrected chi connectivity index (χ3v) is 2.93. The second kappa shape index (κ2) is 6.27. The SMILES string of the molecule is CC(C)(CCC(=O)O)C(=O)/C=C/c1ccc(F)cc1. The van der Waals surface area contributed by atoms with Crippen molar-refractivity contribution in [3.8, 4) is 0 Å². The van der Waals surface area contributed by atoms with Crippen molar-refractivity contribution in [1.82, 2.24) is 0 Å². The molecular weight excluding hydrogens is 247 g/mol. The van der Waals surface area contributed by atoms with Gasteiger partial charge < -0.3 is 5.11 Å². The first-order valence-corrected chi connectivity index (χ1v) is 6.01. The molecule has 0 fully saturated rings. The molecule has 0 aliphatic rings. The van der Waals surface area contributed by atoms with E-state index in [0.717, 1.165) is 5.56 Å². The highest BCUT2D eigenvalue weighted by Gasteiger charge is 2.25. The number of carbonyl (C=O) groups excluding carboxylic acids is 1. The molecule has 0 aliphatic carbocycles. The van der Waals surface area contributed by atoms with Crippen LogP contribution >= 0.6 is 0 Å². The average Bonchev–Trinajstić information content (AvgIpc) is 2.35. The maximum absolute atomic E-state index is 12.7. The predicted molar refractivity (Wildman–Crippen MR) is 71.1 cm³/mol. The Kier molecular flexibility index (Phi) is 4.98. The Balaban J connectivity index is 2.67. The van der Waals surface area contributed by atoms with Crippen molar-refractivity contribution in [3.63, 3.8) is 0 Å². The molecule has 1 rings (SSSR count). The summed E-state index contributed by atoms with van der Waals surface area (Å²) < 4.78 is 12.7. The lowest BCUT2D eigenvalue weighted by Crippen LogP contribution is -2.23. The highest BCUT2D eigenvalue weighted by Crippen LogP contribution is 2.24. The lowest BCUT2D eigenvalue weighted by atomic mass is 9.83. The van der Waals surface area contributed by atoms with Crippen LogP contribution in [0, 0.1) is 11.2 Å². The number of carbonyl (C=O) groups is 2. The van der Waals surface area contributed by atoms with Crippen molar-refractivity contribution in [1.29, 1.82) is 0 Å². The van der Waals surface area contributed by atoms with Crippen molar-refractivity contribution in [3.05, 3.63) is 41.7 Å². The molecule has 0 unspecified atom stereocenters. The maximum atomic E-state index is 12.7. The standard InChI is InChI=1S/C15H17FO3/c1-15(2,10-9-14(18)19)13(17)8-5-11-3-6-12(16)7-4-11/h3-8H,9-10H2,1-2H3,(H,18,19)/b8-5+. The van der Waals surface area contributed by atoms with Crippen molar-refractivity contribution < 1.29 is 19.1 Å². The number of carboxylic acid groups (broad SMARTS) is 1. The second-order valence-corrected chi connectivity index (χ2v) is 5.03. The van der Waals surface area contributed by atoms with Crippen LogP contribution in [0.1, 0.15) is 32.3 Å². The molecule has 0 aromatic heterocycles. The van der Waals surface area contributed by atoms with Crippen LogP contribution < -0.4 is 0 Å². The summed E-state index contributed by atoms with van der Waals surface area (Å²) in [6, 6.07) is 5.78. The number of allylic oxidation sites excluding steroid dienone is 1. The normalized spacial score (nSPS) is 11.7. The molecule has 0 spiro atoms. The Bertz CT molecular complexity index is 487. The van der Waals surface area contributed by atoms with Crippen molar-refractivity contribution in [2.24, 2.45) is 5.41 Å². The Morgan fingerprint density at radius 2 is 1.84 bits per heavy atom. The summed E-state index contributed by atoms with van der Waals surface area (Å²) >= 11 is 0. The van der Waals surface area contributed by atoms with Crippen LogP contribution in [0.25, 0.3) is 6.08 Å². The molecule has 4 heteroatoms. The summed E-state index contributed by atoms with van der Waals surface area (Å²) in [6.07, 6.45) is 3.26. The molecule has 0 aliphatic heterocycles. The van der Waals surface area contributed by atoms with Gasteiger partial charge in [0.25, 0.3) is 0 Å². The van der Waals surface area contributed by atoms with Crippen LogP contribution in [-0.4, -0.2) is 16.9 Å². The number of hydrogen-bond acceptors (Lipinski definition) is 2. The number of hydrogen-bond donors (Lipinski definition) is 1. The van der Waals surface area contributed by atoms with Gasteiger partial charge in [-0.05, 0) is 30.2 Å². The molecule has 0 saturated heterocycles. The summed E-state index contributed by atoms with van der Waals surface area (Å²) in [5, 5.41) is 8.63. The van der Waals surface area contributed by atoms with Gasteiger partial charge in [0.1, 0.15) is 5.82 Å². The minimum absolute atomic E-state index is 0.0386. The van der Waals surface area contributed by atoms with Crippen molar-refractivity contribution in [2.75, 3.05) is 0 Å². The van der Waals surface area contributed by atoms with E-state index in [4.69, 9.17) is 5.11 Å². The maximum Gasteiger partial charge on any atom is 0.303 e. The summed E-state index contributed by atoms with van der Waals surface area (Å²) in [6.45, 7) is 3.43. The van der Waals surface area contributed by atoms with Crippen LogP contribution in [0.15, 0.2) is 30.3 Å². The fourth-order valence-electron chi connectivity index (χ4n) is 1.51. The van der Waals surface area contributed by atoms with E-state index >= 15 is 0 Å². The molecule has 1 aromatic carbocycles. The Morgan fingerprint density at radius 1 is 1.26 bits per heavy atom. The average molecular weight is 264 g/mol. The fraction of sp³-hybridized carbons (Fsp3) is 0.333. The van der Waals surface area contributed by atoms with Gasteiger partial charge in [0, 0.05) is 11.8 Å². The van der Waals surface area contributed by atoms with Gasteiger partial charge in [-0.2, -0.15) is 0 Å². The molecule has 19 heavy (non-hydrogen) atoms. The highest BCUT2D eigenvalue weighted by atomic mass is 19.1. The van der Waals surface area contributed by atoms with Gasteiger partial charge in [0.05, 0.1) is 0 Å². The third-order valence-electron chi connectivity index (χ3n) is 2.93. The first-order chi connectivity index (χ1) is 8.81. The fourth-order valence-corrected chi connectivity index (χ4v) is 1.51. The number of benzene rings is 1. The summed E-state index contributed by atoms with van der Waals surface area (Å²) in [5.74, 6) is -1.38. The van der Waals surface area contributed by atoms with Crippen LogP contribution in [0.5, 0.6) is 0 Å². The number of carboxylic acids is 1.